The second kappa shape index (κ2) is 5.46. The Kier molecular flexibility index (Phi) is 4.50. The van der Waals surface area contributed by atoms with Crippen LogP contribution in [0.3, 0.4) is 0 Å². The summed E-state index contributed by atoms with van der Waals surface area (Å²) in [4.78, 5) is 22.8. The molecule has 0 aliphatic heterocycles. The second-order valence-electron chi connectivity index (χ2n) is 3.43. The van der Waals surface area contributed by atoms with Crippen LogP contribution in [0.1, 0.15) is 24.2 Å². The van der Waals surface area contributed by atoms with Crippen LogP contribution in [0.25, 0.3) is 0 Å². The lowest BCUT2D eigenvalue weighted by atomic mass is 10.2. The number of hydrogen-bond acceptors (Lipinski definition) is 2. The SMILES string of the molecule is CC(=O)C(C)NC(=O)c1cc(Br)ccc1Cl. The summed E-state index contributed by atoms with van der Waals surface area (Å²) in [5, 5.41) is 2.93. The fourth-order valence-electron chi connectivity index (χ4n) is 1.05. The molecular weight excluding hydrogens is 293 g/mol. The molecule has 0 saturated carbocycles. The highest BCUT2D eigenvalue weighted by Crippen LogP contribution is 2.20. The van der Waals surface area contributed by atoms with Crippen molar-refractivity contribution in [2.24, 2.45) is 0 Å². The molecule has 5 heteroatoms. The van der Waals surface area contributed by atoms with Gasteiger partial charge >= 0.3 is 0 Å². The molecule has 0 fully saturated rings. The van der Waals surface area contributed by atoms with E-state index in [0.29, 0.717) is 10.6 Å². The lowest BCUT2D eigenvalue weighted by Crippen LogP contribution is -2.37. The number of hydrogen-bond donors (Lipinski definition) is 1. The Hall–Kier alpha value is -0.870. The Labute approximate surface area is 107 Å². The quantitative estimate of drug-likeness (QED) is 0.933. The number of amides is 1. The van der Waals surface area contributed by atoms with Gasteiger partial charge in [-0.15, -0.1) is 0 Å². The van der Waals surface area contributed by atoms with E-state index >= 15 is 0 Å². The molecule has 86 valence electrons. The van der Waals surface area contributed by atoms with Gasteiger partial charge in [0.2, 0.25) is 0 Å². The highest BCUT2D eigenvalue weighted by atomic mass is 79.9. The van der Waals surface area contributed by atoms with E-state index in [1.807, 2.05) is 0 Å². The zero-order valence-corrected chi connectivity index (χ0v) is 11.2. The van der Waals surface area contributed by atoms with E-state index in [0.717, 1.165) is 4.47 Å². The van der Waals surface area contributed by atoms with Crippen LogP contribution in [-0.2, 0) is 4.79 Å². The van der Waals surface area contributed by atoms with Gasteiger partial charge in [0.05, 0.1) is 16.6 Å². The van der Waals surface area contributed by atoms with Gasteiger partial charge in [0.25, 0.3) is 5.91 Å². The maximum Gasteiger partial charge on any atom is 0.253 e. The average Bonchev–Trinajstić information content (AvgIpc) is 2.21. The van der Waals surface area contributed by atoms with Gasteiger partial charge in [-0.1, -0.05) is 27.5 Å². The fourth-order valence-corrected chi connectivity index (χ4v) is 1.61. The number of halogens is 2. The average molecular weight is 305 g/mol. The highest BCUT2D eigenvalue weighted by Gasteiger charge is 2.15. The second-order valence-corrected chi connectivity index (χ2v) is 4.75. The minimum absolute atomic E-state index is 0.0977. The minimum Gasteiger partial charge on any atom is -0.342 e. The standard InChI is InChI=1S/C11H11BrClNO2/c1-6(7(2)15)14-11(16)9-5-8(12)3-4-10(9)13/h3-6H,1-2H3,(H,14,16). The van der Waals surface area contributed by atoms with Crippen molar-refractivity contribution in [3.63, 3.8) is 0 Å². The summed E-state index contributed by atoms with van der Waals surface area (Å²) in [6.45, 7) is 3.06. The Morgan fingerprint density at radius 1 is 1.44 bits per heavy atom. The summed E-state index contributed by atoms with van der Waals surface area (Å²) < 4.78 is 0.762. The van der Waals surface area contributed by atoms with E-state index in [4.69, 9.17) is 11.6 Å². The lowest BCUT2D eigenvalue weighted by molar-refractivity contribution is -0.118. The first-order valence-electron chi connectivity index (χ1n) is 4.68. The van der Waals surface area contributed by atoms with Crippen molar-refractivity contribution in [1.29, 1.82) is 0 Å². The van der Waals surface area contributed by atoms with Crippen molar-refractivity contribution in [1.82, 2.24) is 5.32 Å². The van der Waals surface area contributed by atoms with E-state index in [1.54, 1.807) is 25.1 Å². The van der Waals surface area contributed by atoms with Crippen LogP contribution in [0, 0.1) is 0 Å². The first kappa shape index (κ1) is 13.2. The van der Waals surface area contributed by atoms with Crippen LogP contribution in [0.2, 0.25) is 5.02 Å². The zero-order chi connectivity index (χ0) is 12.3. The number of carbonyl (C=O) groups is 2. The number of Topliss-reactive ketones (excluding diaryl/α,β-unsaturated/α-hetero) is 1. The van der Waals surface area contributed by atoms with Crippen LogP contribution in [0.5, 0.6) is 0 Å². The molecule has 0 saturated heterocycles. The molecule has 0 aliphatic rings. The van der Waals surface area contributed by atoms with Crippen molar-refractivity contribution < 1.29 is 9.59 Å². The Morgan fingerprint density at radius 2 is 2.06 bits per heavy atom. The van der Waals surface area contributed by atoms with Crippen LogP contribution in [-0.4, -0.2) is 17.7 Å². The molecule has 1 N–H and O–H groups in total. The summed E-state index contributed by atoms with van der Waals surface area (Å²) in [5.74, 6) is -0.450. The van der Waals surface area contributed by atoms with Gasteiger partial charge in [-0.2, -0.15) is 0 Å². The third kappa shape index (κ3) is 3.32. The molecule has 16 heavy (non-hydrogen) atoms. The highest BCUT2D eigenvalue weighted by molar-refractivity contribution is 9.10. The van der Waals surface area contributed by atoms with Crippen molar-refractivity contribution in [2.75, 3.05) is 0 Å². The third-order valence-electron chi connectivity index (χ3n) is 2.13. The predicted octanol–water partition coefficient (Wildman–Crippen LogP) is 2.81. The van der Waals surface area contributed by atoms with Crippen molar-refractivity contribution in [2.45, 2.75) is 19.9 Å². The molecule has 0 aromatic heterocycles. The number of carbonyl (C=O) groups excluding carboxylic acids is 2. The molecule has 1 aromatic carbocycles. The van der Waals surface area contributed by atoms with Gasteiger partial charge in [-0.05, 0) is 32.0 Å². The van der Waals surface area contributed by atoms with E-state index in [2.05, 4.69) is 21.2 Å². The Balaban J connectivity index is 2.88. The lowest BCUT2D eigenvalue weighted by Gasteiger charge is -2.11. The molecule has 0 heterocycles. The minimum atomic E-state index is -0.512. The maximum absolute atomic E-state index is 11.8. The first-order chi connectivity index (χ1) is 7.41. The summed E-state index contributed by atoms with van der Waals surface area (Å²) >= 11 is 9.14. The molecule has 1 aromatic rings. The molecular formula is C11H11BrClNO2. The molecule has 1 amide bonds. The molecule has 0 spiro atoms. The van der Waals surface area contributed by atoms with E-state index in [1.165, 1.54) is 6.92 Å². The summed E-state index contributed by atoms with van der Waals surface area (Å²) in [6, 6.07) is 4.47. The topological polar surface area (TPSA) is 46.2 Å². The monoisotopic (exact) mass is 303 g/mol. The van der Waals surface area contributed by atoms with Gasteiger partial charge in [-0.25, -0.2) is 0 Å². The van der Waals surface area contributed by atoms with Crippen LogP contribution >= 0.6 is 27.5 Å². The number of ketones is 1. The smallest absolute Gasteiger partial charge is 0.253 e. The number of benzene rings is 1. The largest absolute Gasteiger partial charge is 0.342 e. The summed E-state index contributed by atoms with van der Waals surface area (Å²) in [6.07, 6.45) is 0. The van der Waals surface area contributed by atoms with E-state index < -0.39 is 6.04 Å². The molecule has 0 radical (unpaired) electrons. The van der Waals surface area contributed by atoms with E-state index in [9.17, 15) is 9.59 Å². The number of rotatable bonds is 3. The van der Waals surface area contributed by atoms with Crippen LogP contribution in [0.4, 0.5) is 0 Å². The number of nitrogens with one attached hydrogen (secondary N) is 1. The predicted molar refractivity (Wildman–Crippen MR) is 66.8 cm³/mol. The molecule has 1 unspecified atom stereocenters. The van der Waals surface area contributed by atoms with Gasteiger partial charge in [0.1, 0.15) is 0 Å². The van der Waals surface area contributed by atoms with Crippen molar-refractivity contribution >= 4 is 39.2 Å². The van der Waals surface area contributed by atoms with Gasteiger partial charge < -0.3 is 5.32 Å². The zero-order valence-electron chi connectivity index (χ0n) is 8.88. The molecule has 0 bridgehead atoms. The van der Waals surface area contributed by atoms with Crippen molar-refractivity contribution in [3.05, 3.63) is 33.3 Å². The molecule has 0 aliphatic carbocycles. The Morgan fingerprint density at radius 3 is 2.62 bits per heavy atom. The van der Waals surface area contributed by atoms with Crippen molar-refractivity contribution in [3.8, 4) is 0 Å². The first-order valence-corrected chi connectivity index (χ1v) is 5.85. The molecule has 1 atom stereocenters. The van der Waals surface area contributed by atoms with Gasteiger partial charge in [0, 0.05) is 4.47 Å². The van der Waals surface area contributed by atoms with Gasteiger partial charge in [-0.3, -0.25) is 9.59 Å². The molecule has 3 nitrogen and oxygen atoms in total. The third-order valence-corrected chi connectivity index (χ3v) is 2.95. The van der Waals surface area contributed by atoms with Gasteiger partial charge in [0.15, 0.2) is 5.78 Å². The fraction of sp³-hybridized carbons (Fsp3) is 0.273. The van der Waals surface area contributed by atoms with Crippen LogP contribution < -0.4 is 5.32 Å². The molecule has 1 rings (SSSR count). The van der Waals surface area contributed by atoms with Crippen LogP contribution in [0.15, 0.2) is 22.7 Å². The maximum atomic E-state index is 11.8. The normalized spacial score (nSPS) is 12.0. The summed E-state index contributed by atoms with van der Waals surface area (Å²) in [5.41, 5.74) is 0.351. The van der Waals surface area contributed by atoms with E-state index in [-0.39, 0.29) is 11.7 Å². The Bertz CT molecular complexity index is 434. The summed E-state index contributed by atoms with van der Waals surface area (Å²) in [7, 11) is 0.